The van der Waals surface area contributed by atoms with E-state index >= 15 is 0 Å². The van der Waals surface area contributed by atoms with E-state index in [1.54, 1.807) is 11.3 Å². The summed E-state index contributed by atoms with van der Waals surface area (Å²) in [5.41, 5.74) is 0.797. The van der Waals surface area contributed by atoms with Crippen LogP contribution in [0.4, 0.5) is 0 Å². The molecule has 0 amide bonds. The van der Waals surface area contributed by atoms with Gasteiger partial charge < -0.3 is 9.63 Å². The highest BCUT2D eigenvalue weighted by Crippen LogP contribution is 2.24. The van der Waals surface area contributed by atoms with Crippen molar-refractivity contribution in [2.45, 2.75) is 6.42 Å². The Morgan fingerprint density at radius 3 is 3.15 bits per heavy atom. The summed E-state index contributed by atoms with van der Waals surface area (Å²) in [5, 5.41) is 14.5. The van der Waals surface area contributed by atoms with Crippen molar-refractivity contribution in [3.05, 3.63) is 29.3 Å². The van der Waals surface area contributed by atoms with Gasteiger partial charge in [0.2, 0.25) is 0 Å². The first-order valence-corrected chi connectivity index (χ1v) is 4.88. The van der Waals surface area contributed by atoms with Crippen LogP contribution in [-0.2, 0) is 6.42 Å². The second-order valence-corrected chi connectivity index (χ2v) is 3.58. The molecule has 0 aromatic carbocycles. The average Bonchev–Trinajstić information content (AvgIpc) is 2.70. The number of nitrogens with zero attached hydrogens (tertiary/aromatic N) is 1. The zero-order chi connectivity index (χ0) is 9.10. The lowest BCUT2D eigenvalue weighted by molar-refractivity contribution is 0.294. The van der Waals surface area contributed by atoms with E-state index in [9.17, 15) is 0 Å². The molecule has 2 aromatic rings. The Bertz CT molecular complexity index is 367. The first-order valence-electron chi connectivity index (χ1n) is 4.00. The highest BCUT2D eigenvalue weighted by Gasteiger charge is 2.06. The molecular weight excluding hydrogens is 186 g/mol. The zero-order valence-electron chi connectivity index (χ0n) is 6.93. The Morgan fingerprint density at radius 2 is 2.46 bits per heavy atom. The third kappa shape index (κ3) is 1.79. The second-order valence-electron chi connectivity index (χ2n) is 2.63. The fourth-order valence-corrected chi connectivity index (χ4v) is 1.75. The second kappa shape index (κ2) is 3.72. The molecule has 0 atom stereocenters. The van der Waals surface area contributed by atoms with Gasteiger partial charge in [-0.2, -0.15) is 0 Å². The summed E-state index contributed by atoms with van der Waals surface area (Å²) in [6.45, 7) is 0.108. The van der Waals surface area contributed by atoms with Crippen LogP contribution in [0.2, 0.25) is 0 Å². The summed E-state index contributed by atoms with van der Waals surface area (Å²) in [7, 11) is 0. The number of hydrogen-bond donors (Lipinski definition) is 1. The van der Waals surface area contributed by atoms with E-state index in [1.807, 2.05) is 23.6 Å². The van der Waals surface area contributed by atoms with E-state index < -0.39 is 0 Å². The molecule has 3 nitrogen and oxygen atoms in total. The van der Waals surface area contributed by atoms with Crippen molar-refractivity contribution in [3.8, 4) is 10.6 Å². The van der Waals surface area contributed by atoms with Crippen LogP contribution in [-0.4, -0.2) is 16.9 Å². The SMILES string of the molecule is OCCc1cc(-c2cccs2)on1. The van der Waals surface area contributed by atoms with Crippen molar-refractivity contribution in [2.75, 3.05) is 6.61 Å². The number of aliphatic hydroxyl groups excluding tert-OH is 1. The molecule has 0 aliphatic heterocycles. The predicted molar refractivity (Wildman–Crippen MR) is 50.6 cm³/mol. The van der Waals surface area contributed by atoms with E-state index in [0.29, 0.717) is 6.42 Å². The molecule has 0 aliphatic rings. The maximum Gasteiger partial charge on any atom is 0.177 e. The van der Waals surface area contributed by atoms with Gasteiger partial charge in [0.15, 0.2) is 5.76 Å². The Kier molecular flexibility index (Phi) is 2.42. The smallest absolute Gasteiger partial charge is 0.177 e. The lowest BCUT2D eigenvalue weighted by Crippen LogP contribution is -1.88. The van der Waals surface area contributed by atoms with Crippen LogP contribution in [0.1, 0.15) is 5.69 Å². The van der Waals surface area contributed by atoms with Crippen LogP contribution in [0, 0.1) is 0 Å². The molecule has 2 heterocycles. The Labute approximate surface area is 79.6 Å². The minimum Gasteiger partial charge on any atom is -0.396 e. The van der Waals surface area contributed by atoms with Gasteiger partial charge in [0.25, 0.3) is 0 Å². The van der Waals surface area contributed by atoms with Crippen molar-refractivity contribution in [2.24, 2.45) is 0 Å². The first-order chi connectivity index (χ1) is 6.40. The molecule has 2 aromatic heterocycles. The Balaban J connectivity index is 2.23. The molecule has 1 N–H and O–H groups in total. The minimum absolute atomic E-state index is 0.108. The van der Waals surface area contributed by atoms with Gasteiger partial charge in [-0.1, -0.05) is 11.2 Å². The predicted octanol–water partition coefficient (Wildman–Crippen LogP) is 1.94. The average molecular weight is 195 g/mol. The quantitative estimate of drug-likeness (QED) is 0.814. The number of hydrogen-bond acceptors (Lipinski definition) is 4. The van der Waals surface area contributed by atoms with Crippen molar-refractivity contribution >= 4 is 11.3 Å². The van der Waals surface area contributed by atoms with Gasteiger partial charge in [0.05, 0.1) is 10.6 Å². The Morgan fingerprint density at radius 1 is 1.54 bits per heavy atom. The number of thiophene rings is 1. The van der Waals surface area contributed by atoms with E-state index in [4.69, 9.17) is 9.63 Å². The largest absolute Gasteiger partial charge is 0.396 e. The molecule has 4 heteroatoms. The van der Waals surface area contributed by atoms with Crippen LogP contribution < -0.4 is 0 Å². The molecule has 68 valence electrons. The summed E-state index contributed by atoms with van der Waals surface area (Å²) < 4.78 is 5.11. The molecule has 0 radical (unpaired) electrons. The van der Waals surface area contributed by atoms with Crippen LogP contribution in [0.3, 0.4) is 0 Å². The van der Waals surface area contributed by atoms with Crippen molar-refractivity contribution in [1.29, 1.82) is 0 Å². The molecule has 0 unspecified atom stereocenters. The number of aromatic nitrogens is 1. The third-order valence-electron chi connectivity index (χ3n) is 1.69. The summed E-state index contributed by atoms with van der Waals surface area (Å²) in [5.74, 6) is 0.776. The summed E-state index contributed by atoms with van der Waals surface area (Å²) >= 11 is 1.61. The summed E-state index contributed by atoms with van der Waals surface area (Å²) in [6, 6.07) is 5.81. The van der Waals surface area contributed by atoms with Crippen molar-refractivity contribution in [3.63, 3.8) is 0 Å². The van der Waals surface area contributed by atoms with E-state index in [1.165, 1.54) is 0 Å². The lowest BCUT2D eigenvalue weighted by atomic mass is 10.3. The third-order valence-corrected chi connectivity index (χ3v) is 2.58. The number of rotatable bonds is 3. The maximum absolute atomic E-state index is 8.68. The van der Waals surface area contributed by atoms with Crippen LogP contribution in [0.25, 0.3) is 10.6 Å². The topological polar surface area (TPSA) is 46.3 Å². The highest BCUT2D eigenvalue weighted by molar-refractivity contribution is 7.13. The molecule has 0 spiro atoms. The summed E-state index contributed by atoms with van der Waals surface area (Å²) in [6.07, 6.45) is 0.550. The van der Waals surface area contributed by atoms with E-state index in [-0.39, 0.29) is 6.61 Å². The zero-order valence-corrected chi connectivity index (χ0v) is 7.75. The van der Waals surface area contributed by atoms with Gasteiger partial charge in [0.1, 0.15) is 0 Å². The first kappa shape index (κ1) is 8.47. The molecule has 0 fully saturated rings. The molecular formula is C9H9NO2S. The molecule has 0 saturated heterocycles. The Hall–Kier alpha value is -1.13. The fraction of sp³-hybridized carbons (Fsp3) is 0.222. The molecule has 0 saturated carbocycles. The van der Waals surface area contributed by atoms with E-state index in [2.05, 4.69) is 5.16 Å². The van der Waals surface area contributed by atoms with Gasteiger partial charge in [-0.15, -0.1) is 11.3 Å². The molecule has 0 bridgehead atoms. The minimum atomic E-state index is 0.108. The van der Waals surface area contributed by atoms with Crippen molar-refractivity contribution in [1.82, 2.24) is 5.16 Å². The highest BCUT2D eigenvalue weighted by atomic mass is 32.1. The van der Waals surface area contributed by atoms with Gasteiger partial charge >= 0.3 is 0 Å². The normalized spacial score (nSPS) is 10.5. The van der Waals surface area contributed by atoms with Crippen LogP contribution in [0.15, 0.2) is 28.1 Å². The van der Waals surface area contributed by atoms with Crippen molar-refractivity contribution < 1.29 is 9.63 Å². The molecule has 2 rings (SSSR count). The molecule has 13 heavy (non-hydrogen) atoms. The number of aliphatic hydroxyl groups is 1. The standard InChI is InChI=1S/C9H9NO2S/c11-4-3-7-6-8(12-10-7)9-2-1-5-13-9/h1-2,5-6,11H,3-4H2. The van der Waals surface area contributed by atoms with Gasteiger partial charge in [-0.05, 0) is 11.4 Å². The van der Waals surface area contributed by atoms with Gasteiger partial charge in [0, 0.05) is 19.1 Å². The monoisotopic (exact) mass is 195 g/mol. The van der Waals surface area contributed by atoms with E-state index in [0.717, 1.165) is 16.3 Å². The van der Waals surface area contributed by atoms with Crippen LogP contribution >= 0.6 is 11.3 Å². The maximum atomic E-state index is 8.68. The van der Waals surface area contributed by atoms with Gasteiger partial charge in [-0.3, -0.25) is 0 Å². The summed E-state index contributed by atoms with van der Waals surface area (Å²) in [4.78, 5) is 1.07. The molecule has 0 aliphatic carbocycles. The van der Waals surface area contributed by atoms with Gasteiger partial charge in [-0.25, -0.2) is 0 Å². The van der Waals surface area contributed by atoms with Crippen LogP contribution in [0.5, 0.6) is 0 Å². The lowest BCUT2D eigenvalue weighted by Gasteiger charge is -1.84. The fourth-order valence-electron chi connectivity index (χ4n) is 1.08.